The summed E-state index contributed by atoms with van der Waals surface area (Å²) < 4.78 is 0. The molecule has 112 valence electrons. The van der Waals surface area contributed by atoms with E-state index in [1.54, 1.807) is 18.4 Å². The van der Waals surface area contributed by atoms with Crippen LogP contribution in [0.4, 0.5) is 5.00 Å². The van der Waals surface area contributed by atoms with Crippen LogP contribution in [0.3, 0.4) is 0 Å². The SMILES string of the molecule is CNC(=O)c1c(NC(=O)C2C=CCN2)sc2c1CCCC2. The summed E-state index contributed by atoms with van der Waals surface area (Å²) in [7, 11) is 1.63. The first kappa shape index (κ1) is 14.3. The Hall–Kier alpha value is -1.66. The van der Waals surface area contributed by atoms with Crippen LogP contribution in [0.25, 0.3) is 0 Å². The van der Waals surface area contributed by atoms with E-state index in [1.165, 1.54) is 4.88 Å². The van der Waals surface area contributed by atoms with E-state index < -0.39 is 0 Å². The smallest absolute Gasteiger partial charge is 0.254 e. The first-order valence-corrected chi connectivity index (χ1v) is 8.10. The lowest BCUT2D eigenvalue weighted by Gasteiger charge is -2.13. The second kappa shape index (κ2) is 5.99. The molecule has 3 N–H and O–H groups in total. The number of hydrogen-bond acceptors (Lipinski definition) is 4. The molecule has 0 aromatic carbocycles. The Labute approximate surface area is 127 Å². The van der Waals surface area contributed by atoms with Crippen molar-refractivity contribution in [2.75, 3.05) is 18.9 Å². The highest BCUT2D eigenvalue weighted by Gasteiger charge is 2.27. The van der Waals surface area contributed by atoms with Crippen LogP contribution < -0.4 is 16.0 Å². The Morgan fingerprint density at radius 2 is 2.14 bits per heavy atom. The van der Waals surface area contributed by atoms with E-state index in [2.05, 4.69) is 16.0 Å². The number of carbonyl (C=O) groups excluding carboxylic acids is 2. The minimum absolute atomic E-state index is 0.104. The van der Waals surface area contributed by atoms with E-state index in [1.807, 2.05) is 12.2 Å². The zero-order valence-corrected chi connectivity index (χ0v) is 12.8. The van der Waals surface area contributed by atoms with Crippen molar-refractivity contribution in [3.63, 3.8) is 0 Å². The van der Waals surface area contributed by atoms with Crippen LogP contribution in [-0.2, 0) is 17.6 Å². The molecule has 1 aliphatic carbocycles. The van der Waals surface area contributed by atoms with Crippen molar-refractivity contribution in [2.24, 2.45) is 0 Å². The van der Waals surface area contributed by atoms with Gasteiger partial charge in [0.25, 0.3) is 5.91 Å². The molecule has 21 heavy (non-hydrogen) atoms. The van der Waals surface area contributed by atoms with Gasteiger partial charge < -0.3 is 10.6 Å². The molecular weight excluding hydrogens is 286 g/mol. The topological polar surface area (TPSA) is 70.2 Å². The van der Waals surface area contributed by atoms with Gasteiger partial charge in [-0.1, -0.05) is 12.2 Å². The van der Waals surface area contributed by atoms with Crippen LogP contribution in [0, 0.1) is 0 Å². The van der Waals surface area contributed by atoms with Crippen molar-refractivity contribution in [3.8, 4) is 0 Å². The van der Waals surface area contributed by atoms with Crippen LogP contribution in [0.5, 0.6) is 0 Å². The fourth-order valence-corrected chi connectivity index (χ4v) is 4.15. The summed E-state index contributed by atoms with van der Waals surface area (Å²) >= 11 is 1.55. The molecule has 1 aliphatic heterocycles. The van der Waals surface area contributed by atoms with Gasteiger partial charge in [-0.15, -0.1) is 11.3 Å². The van der Waals surface area contributed by atoms with E-state index in [0.717, 1.165) is 31.2 Å². The molecule has 3 rings (SSSR count). The van der Waals surface area contributed by atoms with Gasteiger partial charge in [-0.05, 0) is 31.2 Å². The lowest BCUT2D eigenvalue weighted by atomic mass is 9.95. The highest BCUT2D eigenvalue weighted by molar-refractivity contribution is 7.17. The van der Waals surface area contributed by atoms with Crippen molar-refractivity contribution in [3.05, 3.63) is 28.2 Å². The zero-order chi connectivity index (χ0) is 14.8. The fourth-order valence-electron chi connectivity index (χ4n) is 2.86. The molecule has 2 amide bonds. The maximum Gasteiger partial charge on any atom is 0.254 e. The quantitative estimate of drug-likeness (QED) is 0.740. The zero-order valence-electron chi connectivity index (χ0n) is 12.0. The summed E-state index contributed by atoms with van der Waals surface area (Å²) in [6, 6.07) is -0.304. The average Bonchev–Trinajstić information content (AvgIpc) is 3.13. The summed E-state index contributed by atoms with van der Waals surface area (Å²) in [4.78, 5) is 25.7. The number of hydrogen-bond donors (Lipinski definition) is 3. The maximum atomic E-state index is 12.2. The van der Waals surface area contributed by atoms with Gasteiger partial charge in [0.15, 0.2) is 0 Å². The largest absolute Gasteiger partial charge is 0.355 e. The van der Waals surface area contributed by atoms with Crippen LogP contribution in [0.1, 0.15) is 33.6 Å². The van der Waals surface area contributed by atoms with E-state index in [9.17, 15) is 9.59 Å². The number of anilines is 1. The summed E-state index contributed by atoms with van der Waals surface area (Å²) in [6.07, 6.45) is 7.97. The maximum absolute atomic E-state index is 12.2. The van der Waals surface area contributed by atoms with Gasteiger partial charge in [-0.25, -0.2) is 0 Å². The van der Waals surface area contributed by atoms with Gasteiger partial charge in [-0.3, -0.25) is 14.9 Å². The minimum Gasteiger partial charge on any atom is -0.355 e. The van der Waals surface area contributed by atoms with Gasteiger partial charge in [0.1, 0.15) is 11.0 Å². The van der Waals surface area contributed by atoms with E-state index >= 15 is 0 Å². The highest BCUT2D eigenvalue weighted by Crippen LogP contribution is 2.38. The third-order valence-corrected chi connectivity index (χ3v) is 5.14. The van der Waals surface area contributed by atoms with Crippen LogP contribution in [-0.4, -0.2) is 31.4 Å². The monoisotopic (exact) mass is 305 g/mol. The number of amides is 2. The van der Waals surface area contributed by atoms with Crippen LogP contribution >= 0.6 is 11.3 Å². The second-order valence-corrected chi connectivity index (χ2v) is 6.40. The minimum atomic E-state index is -0.304. The number of rotatable bonds is 3. The normalized spacial score (nSPS) is 20.1. The van der Waals surface area contributed by atoms with E-state index in [0.29, 0.717) is 17.1 Å². The van der Waals surface area contributed by atoms with Crippen LogP contribution in [0.2, 0.25) is 0 Å². The summed E-state index contributed by atoms with van der Waals surface area (Å²) in [5, 5.41) is 9.39. The Bertz CT molecular complexity index is 606. The average molecular weight is 305 g/mol. The Morgan fingerprint density at radius 1 is 1.33 bits per heavy atom. The van der Waals surface area contributed by atoms with Crippen LogP contribution in [0.15, 0.2) is 12.2 Å². The Balaban J connectivity index is 1.89. The molecule has 1 aromatic rings. The first-order valence-electron chi connectivity index (χ1n) is 7.28. The molecule has 0 fully saturated rings. The molecule has 0 bridgehead atoms. The summed E-state index contributed by atoms with van der Waals surface area (Å²) in [6.45, 7) is 0.710. The van der Waals surface area contributed by atoms with Gasteiger partial charge in [0.2, 0.25) is 5.91 Å². The number of aryl methyl sites for hydroxylation is 1. The molecule has 0 spiro atoms. The molecule has 1 atom stereocenters. The highest BCUT2D eigenvalue weighted by atomic mass is 32.1. The van der Waals surface area contributed by atoms with Crippen molar-refractivity contribution in [1.29, 1.82) is 0 Å². The molecule has 5 nitrogen and oxygen atoms in total. The van der Waals surface area contributed by atoms with E-state index in [4.69, 9.17) is 0 Å². The molecule has 1 unspecified atom stereocenters. The van der Waals surface area contributed by atoms with Crippen molar-refractivity contribution in [2.45, 2.75) is 31.7 Å². The molecule has 0 radical (unpaired) electrons. The molecule has 0 saturated heterocycles. The van der Waals surface area contributed by atoms with Gasteiger partial charge in [0, 0.05) is 18.5 Å². The number of fused-ring (bicyclic) bond motifs is 1. The lowest BCUT2D eigenvalue weighted by Crippen LogP contribution is -2.36. The van der Waals surface area contributed by atoms with Gasteiger partial charge in [0.05, 0.1) is 5.56 Å². The lowest BCUT2D eigenvalue weighted by molar-refractivity contribution is -0.116. The summed E-state index contributed by atoms with van der Waals surface area (Å²) in [5.74, 6) is -0.216. The standard InChI is InChI=1S/C15H19N3O2S/c1-16-14(20)12-9-5-2-3-7-11(9)21-15(12)18-13(19)10-6-4-8-17-10/h4,6,10,17H,2-3,5,7-8H2,1H3,(H,16,20)(H,18,19). The molecule has 6 heteroatoms. The molecule has 2 aliphatic rings. The third-order valence-electron chi connectivity index (χ3n) is 3.93. The number of nitrogens with one attached hydrogen (secondary N) is 3. The molecule has 2 heterocycles. The fraction of sp³-hybridized carbons (Fsp3) is 0.467. The first-order chi connectivity index (χ1) is 10.2. The molecule has 1 aromatic heterocycles. The Morgan fingerprint density at radius 3 is 2.86 bits per heavy atom. The number of carbonyl (C=O) groups is 2. The van der Waals surface area contributed by atoms with Gasteiger partial charge in [-0.2, -0.15) is 0 Å². The molecular formula is C15H19N3O2S. The summed E-state index contributed by atoms with van der Waals surface area (Å²) in [5.41, 5.74) is 1.78. The van der Waals surface area contributed by atoms with Crippen molar-refractivity contribution < 1.29 is 9.59 Å². The number of thiophene rings is 1. The van der Waals surface area contributed by atoms with E-state index in [-0.39, 0.29) is 17.9 Å². The molecule has 0 saturated carbocycles. The predicted molar refractivity (Wildman–Crippen MR) is 83.9 cm³/mol. The van der Waals surface area contributed by atoms with Crippen molar-refractivity contribution >= 4 is 28.2 Å². The van der Waals surface area contributed by atoms with Gasteiger partial charge >= 0.3 is 0 Å². The van der Waals surface area contributed by atoms with Crippen molar-refractivity contribution in [1.82, 2.24) is 10.6 Å². The predicted octanol–water partition coefficient (Wildman–Crippen LogP) is 1.45. The second-order valence-electron chi connectivity index (χ2n) is 5.30. The Kier molecular flexibility index (Phi) is 4.07. The third kappa shape index (κ3) is 2.73.